The number of cyclic esters (lactones) is 1. The van der Waals surface area contributed by atoms with Crippen LogP contribution in [0.15, 0.2) is 0 Å². The van der Waals surface area contributed by atoms with Crippen LogP contribution >= 0.6 is 0 Å². The molecule has 1 rings (SSSR count). The lowest BCUT2D eigenvalue weighted by molar-refractivity contribution is -0.147. The molecule has 1 aliphatic heterocycles. The van der Waals surface area contributed by atoms with Crippen LogP contribution in [0.4, 0.5) is 0 Å². The van der Waals surface area contributed by atoms with E-state index in [4.69, 9.17) is 9.84 Å². The number of rotatable bonds is 5. The summed E-state index contributed by atoms with van der Waals surface area (Å²) in [6.45, 7) is 2.44. The van der Waals surface area contributed by atoms with Gasteiger partial charge >= 0.3 is 11.9 Å². The molecule has 1 saturated heterocycles. The first kappa shape index (κ1) is 11.0. The standard InChI is InChI=1S/C10H16O4/c1-2-4-10(5-3-8(11)12)6-7-14-9(10)13/h2-7H2,1H3,(H,11,12). The van der Waals surface area contributed by atoms with Crippen molar-refractivity contribution in [2.24, 2.45) is 5.41 Å². The van der Waals surface area contributed by atoms with Crippen molar-refractivity contribution >= 4 is 11.9 Å². The van der Waals surface area contributed by atoms with Crippen molar-refractivity contribution in [1.82, 2.24) is 0 Å². The summed E-state index contributed by atoms with van der Waals surface area (Å²) in [6.07, 6.45) is 2.75. The van der Waals surface area contributed by atoms with Gasteiger partial charge in [0, 0.05) is 6.42 Å². The first-order valence-corrected chi connectivity index (χ1v) is 5.00. The van der Waals surface area contributed by atoms with Crippen LogP contribution in [0.3, 0.4) is 0 Å². The highest BCUT2D eigenvalue weighted by Crippen LogP contribution is 2.39. The summed E-state index contributed by atoms with van der Waals surface area (Å²) in [4.78, 5) is 21.9. The minimum absolute atomic E-state index is 0.0507. The molecule has 0 aliphatic carbocycles. The van der Waals surface area contributed by atoms with E-state index in [2.05, 4.69) is 0 Å². The third-order valence-corrected chi connectivity index (χ3v) is 2.79. The first-order chi connectivity index (χ1) is 6.60. The van der Waals surface area contributed by atoms with Gasteiger partial charge in [0.15, 0.2) is 0 Å². The van der Waals surface area contributed by atoms with Gasteiger partial charge in [-0.25, -0.2) is 0 Å². The second-order valence-corrected chi connectivity index (χ2v) is 3.81. The van der Waals surface area contributed by atoms with Gasteiger partial charge in [0.2, 0.25) is 0 Å². The van der Waals surface area contributed by atoms with Crippen molar-refractivity contribution in [3.8, 4) is 0 Å². The Balaban J connectivity index is 2.61. The van der Waals surface area contributed by atoms with Crippen LogP contribution in [0.2, 0.25) is 0 Å². The average molecular weight is 200 g/mol. The van der Waals surface area contributed by atoms with Gasteiger partial charge < -0.3 is 9.84 Å². The molecule has 0 aromatic heterocycles. The van der Waals surface area contributed by atoms with E-state index in [1.54, 1.807) is 0 Å². The normalized spacial score (nSPS) is 26.2. The van der Waals surface area contributed by atoms with E-state index in [1.165, 1.54) is 0 Å². The molecule has 0 bridgehead atoms. The maximum absolute atomic E-state index is 11.5. The molecule has 1 unspecified atom stereocenters. The first-order valence-electron chi connectivity index (χ1n) is 5.00. The van der Waals surface area contributed by atoms with Crippen molar-refractivity contribution in [3.05, 3.63) is 0 Å². The topological polar surface area (TPSA) is 63.6 Å². The number of ether oxygens (including phenoxy) is 1. The molecule has 0 saturated carbocycles. The number of carboxylic acids is 1. The van der Waals surface area contributed by atoms with Crippen LogP contribution in [0, 0.1) is 5.41 Å². The summed E-state index contributed by atoms with van der Waals surface area (Å²) < 4.78 is 4.92. The van der Waals surface area contributed by atoms with Crippen molar-refractivity contribution in [3.63, 3.8) is 0 Å². The molecule has 4 heteroatoms. The van der Waals surface area contributed by atoms with Crippen molar-refractivity contribution in [1.29, 1.82) is 0 Å². The van der Waals surface area contributed by atoms with Gasteiger partial charge in [-0.3, -0.25) is 9.59 Å². The summed E-state index contributed by atoms with van der Waals surface area (Å²) in [7, 11) is 0. The fourth-order valence-electron chi connectivity index (χ4n) is 2.00. The molecule has 1 heterocycles. The third-order valence-electron chi connectivity index (χ3n) is 2.79. The molecule has 0 amide bonds. The molecule has 0 aromatic rings. The molecule has 0 radical (unpaired) electrons. The Morgan fingerprint density at radius 1 is 1.57 bits per heavy atom. The number of carbonyl (C=O) groups excluding carboxylic acids is 1. The average Bonchev–Trinajstić information content (AvgIpc) is 2.46. The molecule has 0 spiro atoms. The van der Waals surface area contributed by atoms with E-state index in [9.17, 15) is 9.59 Å². The second-order valence-electron chi connectivity index (χ2n) is 3.81. The highest BCUT2D eigenvalue weighted by atomic mass is 16.5. The fraction of sp³-hybridized carbons (Fsp3) is 0.800. The number of hydrogen-bond donors (Lipinski definition) is 1. The number of hydrogen-bond acceptors (Lipinski definition) is 3. The van der Waals surface area contributed by atoms with Gasteiger partial charge in [-0.15, -0.1) is 0 Å². The summed E-state index contributed by atoms with van der Waals surface area (Å²) in [6, 6.07) is 0. The Kier molecular flexibility index (Phi) is 3.49. The highest BCUT2D eigenvalue weighted by Gasteiger charge is 2.43. The zero-order valence-electron chi connectivity index (χ0n) is 8.41. The van der Waals surface area contributed by atoms with Crippen LogP contribution in [0.5, 0.6) is 0 Å². The van der Waals surface area contributed by atoms with Crippen LogP contribution in [-0.2, 0) is 14.3 Å². The summed E-state index contributed by atoms with van der Waals surface area (Å²) >= 11 is 0. The molecule has 1 fully saturated rings. The molecular weight excluding hydrogens is 184 g/mol. The predicted molar refractivity (Wildman–Crippen MR) is 49.8 cm³/mol. The molecule has 80 valence electrons. The summed E-state index contributed by atoms with van der Waals surface area (Å²) in [5.41, 5.74) is -0.507. The maximum atomic E-state index is 11.5. The van der Waals surface area contributed by atoms with Gasteiger partial charge in [-0.1, -0.05) is 13.3 Å². The zero-order valence-corrected chi connectivity index (χ0v) is 8.41. The summed E-state index contributed by atoms with van der Waals surface area (Å²) in [5.74, 6) is -1.05. The number of carboxylic acid groups (broad SMARTS) is 1. The SMILES string of the molecule is CCCC1(CCC(=O)O)CCOC1=O. The van der Waals surface area contributed by atoms with Gasteiger partial charge in [0.05, 0.1) is 12.0 Å². The van der Waals surface area contributed by atoms with Gasteiger partial charge in [0.1, 0.15) is 0 Å². The Morgan fingerprint density at radius 3 is 2.71 bits per heavy atom. The molecular formula is C10H16O4. The molecule has 1 N–H and O–H groups in total. The fourth-order valence-corrected chi connectivity index (χ4v) is 2.00. The van der Waals surface area contributed by atoms with E-state index in [-0.39, 0.29) is 12.4 Å². The van der Waals surface area contributed by atoms with E-state index in [0.717, 1.165) is 12.8 Å². The van der Waals surface area contributed by atoms with E-state index >= 15 is 0 Å². The van der Waals surface area contributed by atoms with Crippen LogP contribution in [0.1, 0.15) is 39.0 Å². The van der Waals surface area contributed by atoms with E-state index < -0.39 is 11.4 Å². The van der Waals surface area contributed by atoms with Crippen molar-refractivity contribution < 1.29 is 19.4 Å². The van der Waals surface area contributed by atoms with Crippen LogP contribution in [-0.4, -0.2) is 23.7 Å². The Labute approximate surface area is 83.2 Å². The minimum atomic E-state index is -0.847. The Bertz CT molecular complexity index is 236. The minimum Gasteiger partial charge on any atom is -0.481 e. The molecule has 0 aromatic carbocycles. The zero-order chi connectivity index (χ0) is 10.6. The number of esters is 1. The number of carbonyl (C=O) groups is 2. The molecule has 1 atom stereocenters. The van der Waals surface area contributed by atoms with Crippen molar-refractivity contribution in [2.75, 3.05) is 6.61 Å². The van der Waals surface area contributed by atoms with Crippen molar-refractivity contribution in [2.45, 2.75) is 39.0 Å². The second kappa shape index (κ2) is 4.44. The molecule has 4 nitrogen and oxygen atoms in total. The van der Waals surface area contributed by atoms with E-state index in [1.807, 2.05) is 6.92 Å². The number of aliphatic carboxylic acids is 1. The highest BCUT2D eigenvalue weighted by molar-refractivity contribution is 5.79. The maximum Gasteiger partial charge on any atom is 0.312 e. The lowest BCUT2D eigenvalue weighted by atomic mass is 9.78. The Morgan fingerprint density at radius 2 is 2.29 bits per heavy atom. The van der Waals surface area contributed by atoms with Gasteiger partial charge in [-0.2, -0.15) is 0 Å². The lowest BCUT2D eigenvalue weighted by Gasteiger charge is -2.22. The summed E-state index contributed by atoms with van der Waals surface area (Å²) in [5, 5.41) is 8.59. The molecule has 14 heavy (non-hydrogen) atoms. The van der Waals surface area contributed by atoms with Gasteiger partial charge in [0.25, 0.3) is 0 Å². The van der Waals surface area contributed by atoms with Gasteiger partial charge in [-0.05, 0) is 19.3 Å². The lowest BCUT2D eigenvalue weighted by Crippen LogP contribution is -2.27. The third kappa shape index (κ3) is 2.25. The Hall–Kier alpha value is -1.06. The van der Waals surface area contributed by atoms with E-state index in [0.29, 0.717) is 19.4 Å². The van der Waals surface area contributed by atoms with Crippen LogP contribution < -0.4 is 0 Å². The largest absolute Gasteiger partial charge is 0.481 e. The smallest absolute Gasteiger partial charge is 0.312 e. The molecule has 1 aliphatic rings. The monoisotopic (exact) mass is 200 g/mol. The quantitative estimate of drug-likeness (QED) is 0.684. The predicted octanol–water partition coefficient (Wildman–Crippen LogP) is 1.58. The van der Waals surface area contributed by atoms with Crippen LogP contribution in [0.25, 0.3) is 0 Å².